The SMILES string of the molecule is CCC(C)C(NC(=O)CCCON(O)O)C(=O)OCc1oc(=O)oc1C. The van der Waals surface area contributed by atoms with Gasteiger partial charge in [-0.1, -0.05) is 20.3 Å². The number of nitrogens with zero attached hydrogens (tertiary/aromatic N) is 1. The monoisotopic (exact) mass is 376 g/mol. The van der Waals surface area contributed by atoms with Crippen LogP contribution < -0.4 is 11.1 Å². The molecule has 1 aromatic rings. The highest BCUT2D eigenvalue weighted by Gasteiger charge is 2.28. The number of esters is 1. The summed E-state index contributed by atoms with van der Waals surface area (Å²) >= 11 is 0. The number of carbonyl (C=O) groups is 2. The highest BCUT2D eigenvalue weighted by Crippen LogP contribution is 2.13. The van der Waals surface area contributed by atoms with E-state index in [2.05, 4.69) is 14.6 Å². The molecule has 0 fully saturated rings. The van der Waals surface area contributed by atoms with Crippen LogP contribution in [0.4, 0.5) is 0 Å². The molecule has 0 aliphatic carbocycles. The van der Waals surface area contributed by atoms with Gasteiger partial charge in [0.1, 0.15) is 6.04 Å². The Morgan fingerprint density at radius 1 is 1.31 bits per heavy atom. The van der Waals surface area contributed by atoms with Gasteiger partial charge in [-0.2, -0.15) is 0 Å². The van der Waals surface area contributed by atoms with Crippen LogP contribution in [0.25, 0.3) is 0 Å². The number of hydrogen-bond acceptors (Lipinski definition) is 10. The summed E-state index contributed by atoms with van der Waals surface area (Å²) in [5.41, 5.74) is 0. The van der Waals surface area contributed by atoms with E-state index in [-0.39, 0.29) is 43.5 Å². The van der Waals surface area contributed by atoms with Crippen molar-refractivity contribution in [1.29, 1.82) is 0 Å². The van der Waals surface area contributed by atoms with Crippen LogP contribution in [-0.4, -0.2) is 40.3 Å². The predicted octanol–water partition coefficient (Wildman–Crippen LogP) is 0.908. The normalized spacial score (nSPS) is 13.5. The van der Waals surface area contributed by atoms with Gasteiger partial charge in [-0.3, -0.25) is 20.0 Å². The number of hydrogen-bond donors (Lipinski definition) is 3. The second-order valence-electron chi connectivity index (χ2n) is 5.66. The van der Waals surface area contributed by atoms with Crippen LogP contribution in [-0.2, 0) is 25.8 Å². The molecule has 2 atom stereocenters. The van der Waals surface area contributed by atoms with Crippen molar-refractivity contribution in [3.05, 3.63) is 22.1 Å². The second kappa shape index (κ2) is 10.7. The van der Waals surface area contributed by atoms with Crippen LogP contribution in [0.3, 0.4) is 0 Å². The first-order valence-corrected chi connectivity index (χ1v) is 8.10. The van der Waals surface area contributed by atoms with Crippen molar-refractivity contribution in [2.75, 3.05) is 6.61 Å². The van der Waals surface area contributed by atoms with Crippen molar-refractivity contribution in [3.63, 3.8) is 0 Å². The lowest BCUT2D eigenvalue weighted by Gasteiger charge is -2.22. The Labute approximate surface area is 149 Å². The first-order valence-electron chi connectivity index (χ1n) is 8.10. The van der Waals surface area contributed by atoms with Crippen LogP contribution in [0.1, 0.15) is 44.6 Å². The molecular formula is C15H24N2O9. The fourth-order valence-corrected chi connectivity index (χ4v) is 2.03. The Kier molecular flexibility index (Phi) is 8.99. The summed E-state index contributed by atoms with van der Waals surface area (Å²) < 4.78 is 14.6. The molecule has 0 bridgehead atoms. The highest BCUT2D eigenvalue weighted by molar-refractivity contribution is 5.84. The molecule has 11 nitrogen and oxygen atoms in total. The van der Waals surface area contributed by atoms with Crippen molar-refractivity contribution in [2.45, 2.75) is 52.7 Å². The van der Waals surface area contributed by atoms with Crippen LogP contribution in [0.15, 0.2) is 13.6 Å². The van der Waals surface area contributed by atoms with Crippen LogP contribution in [0, 0.1) is 12.8 Å². The summed E-state index contributed by atoms with van der Waals surface area (Å²) in [6.45, 7) is 4.78. The topological polar surface area (TPSA) is 152 Å². The van der Waals surface area contributed by atoms with Gasteiger partial charge in [0.2, 0.25) is 5.91 Å². The third kappa shape index (κ3) is 7.35. The smallest absolute Gasteiger partial charge is 0.456 e. The van der Waals surface area contributed by atoms with Crippen molar-refractivity contribution in [1.82, 2.24) is 10.7 Å². The lowest BCUT2D eigenvalue weighted by Crippen LogP contribution is -2.46. The number of ether oxygens (including phenoxy) is 1. The lowest BCUT2D eigenvalue weighted by molar-refractivity contribution is -0.492. The van der Waals surface area contributed by atoms with Gasteiger partial charge < -0.3 is 18.9 Å². The van der Waals surface area contributed by atoms with E-state index in [0.717, 1.165) is 0 Å². The summed E-state index contributed by atoms with van der Waals surface area (Å²) in [4.78, 5) is 39.6. The summed E-state index contributed by atoms with van der Waals surface area (Å²) in [5.74, 6) is -1.83. The van der Waals surface area contributed by atoms with Crippen LogP contribution in [0.5, 0.6) is 0 Å². The zero-order valence-electron chi connectivity index (χ0n) is 14.9. The molecule has 148 valence electrons. The van der Waals surface area contributed by atoms with Gasteiger partial charge in [0, 0.05) is 6.42 Å². The number of rotatable bonds is 11. The van der Waals surface area contributed by atoms with Gasteiger partial charge in [0.25, 0.3) is 0 Å². The predicted molar refractivity (Wildman–Crippen MR) is 83.8 cm³/mol. The molecule has 1 aromatic heterocycles. The molecular weight excluding hydrogens is 352 g/mol. The Morgan fingerprint density at radius 2 is 2.00 bits per heavy atom. The molecule has 3 N–H and O–H groups in total. The summed E-state index contributed by atoms with van der Waals surface area (Å²) in [6, 6.07) is -0.875. The van der Waals surface area contributed by atoms with Crippen molar-refractivity contribution < 1.29 is 38.4 Å². The number of nitrogens with one attached hydrogen (secondary N) is 1. The molecule has 1 amide bonds. The van der Waals surface area contributed by atoms with E-state index in [4.69, 9.17) is 19.6 Å². The average Bonchev–Trinajstić information content (AvgIpc) is 2.91. The molecule has 0 aliphatic heterocycles. The largest absolute Gasteiger partial charge is 0.519 e. The Morgan fingerprint density at radius 3 is 2.54 bits per heavy atom. The first-order chi connectivity index (χ1) is 12.2. The second-order valence-corrected chi connectivity index (χ2v) is 5.66. The van der Waals surface area contributed by atoms with Crippen molar-refractivity contribution >= 4 is 11.9 Å². The molecule has 1 heterocycles. The van der Waals surface area contributed by atoms with E-state index in [1.807, 2.05) is 6.92 Å². The van der Waals surface area contributed by atoms with Gasteiger partial charge in [0.05, 0.1) is 12.0 Å². The quantitative estimate of drug-likeness (QED) is 0.288. The zero-order valence-corrected chi connectivity index (χ0v) is 14.9. The van der Waals surface area contributed by atoms with Crippen LogP contribution >= 0.6 is 0 Å². The fourth-order valence-electron chi connectivity index (χ4n) is 2.03. The molecule has 1 rings (SSSR count). The Hall–Kier alpha value is -2.21. The summed E-state index contributed by atoms with van der Waals surface area (Å²) in [6.07, 6.45) is 0.849. The Bertz CT molecular complexity index is 637. The minimum atomic E-state index is -0.883. The molecule has 0 aromatic carbocycles. The maximum absolute atomic E-state index is 12.3. The van der Waals surface area contributed by atoms with Gasteiger partial charge in [0.15, 0.2) is 18.1 Å². The fraction of sp³-hybridized carbons (Fsp3) is 0.667. The Balaban J connectivity index is 2.56. The molecule has 2 unspecified atom stereocenters. The maximum Gasteiger partial charge on any atom is 0.519 e. The van der Waals surface area contributed by atoms with E-state index >= 15 is 0 Å². The van der Waals surface area contributed by atoms with Crippen molar-refractivity contribution in [2.24, 2.45) is 5.92 Å². The van der Waals surface area contributed by atoms with E-state index in [1.54, 1.807) is 6.92 Å². The molecule has 0 saturated carbocycles. The third-order valence-electron chi connectivity index (χ3n) is 3.72. The van der Waals surface area contributed by atoms with Gasteiger partial charge in [-0.05, 0) is 19.3 Å². The highest BCUT2D eigenvalue weighted by atomic mass is 17.1. The zero-order chi connectivity index (χ0) is 19.7. The van der Waals surface area contributed by atoms with Gasteiger partial charge in [-0.25, -0.2) is 9.59 Å². The van der Waals surface area contributed by atoms with E-state index in [1.165, 1.54) is 6.92 Å². The molecule has 0 aliphatic rings. The minimum Gasteiger partial charge on any atom is -0.456 e. The maximum atomic E-state index is 12.3. The van der Waals surface area contributed by atoms with E-state index < -0.39 is 29.1 Å². The van der Waals surface area contributed by atoms with Crippen LogP contribution in [0.2, 0.25) is 0 Å². The van der Waals surface area contributed by atoms with E-state index in [9.17, 15) is 14.4 Å². The number of carbonyl (C=O) groups excluding carboxylic acids is 2. The van der Waals surface area contributed by atoms with Gasteiger partial charge in [-0.15, -0.1) is 0 Å². The number of amides is 1. The van der Waals surface area contributed by atoms with Crippen molar-refractivity contribution in [3.8, 4) is 0 Å². The molecule has 0 spiro atoms. The first kappa shape index (κ1) is 21.8. The molecule has 11 heteroatoms. The average molecular weight is 376 g/mol. The van der Waals surface area contributed by atoms with E-state index in [0.29, 0.717) is 6.42 Å². The summed E-state index contributed by atoms with van der Waals surface area (Å²) in [7, 11) is 0. The van der Waals surface area contributed by atoms with Gasteiger partial charge >= 0.3 is 11.8 Å². The third-order valence-corrected chi connectivity index (χ3v) is 3.72. The standard InChI is InChI=1S/C15H24N2O9/c1-4-9(2)13(16-12(18)6-5-7-24-17(21)22)14(19)23-8-11-10(3)25-15(20)26-11/h9,13,21-22H,4-8H2,1-3H3,(H,16,18). The number of aryl methyl sites for hydroxylation is 1. The molecule has 0 radical (unpaired) electrons. The lowest BCUT2D eigenvalue weighted by atomic mass is 9.99. The summed E-state index contributed by atoms with van der Waals surface area (Å²) in [5, 5.41) is 18.9. The molecule has 0 saturated heterocycles. The molecule has 26 heavy (non-hydrogen) atoms. The minimum absolute atomic E-state index is 0.0176.